The molecule has 0 spiro atoms. The average Bonchev–Trinajstić information content (AvgIpc) is 2.32. The largest absolute Gasteiger partial charge is 0.492 e. The summed E-state index contributed by atoms with van der Waals surface area (Å²) in [4.78, 5) is 2.17. The van der Waals surface area contributed by atoms with Gasteiger partial charge in [0.15, 0.2) is 0 Å². The van der Waals surface area contributed by atoms with Gasteiger partial charge in [0.25, 0.3) is 0 Å². The summed E-state index contributed by atoms with van der Waals surface area (Å²) in [5.74, 6) is 0.960. The molecular weight excluding hydrogens is 236 g/mol. The van der Waals surface area contributed by atoms with Crippen molar-refractivity contribution in [1.82, 2.24) is 10.2 Å². The van der Waals surface area contributed by atoms with Gasteiger partial charge in [0.1, 0.15) is 12.4 Å². The Labute approximate surface area is 118 Å². The molecule has 1 aromatic carbocycles. The van der Waals surface area contributed by atoms with Gasteiger partial charge >= 0.3 is 0 Å². The molecule has 1 rings (SSSR count). The van der Waals surface area contributed by atoms with E-state index in [1.54, 1.807) is 0 Å². The van der Waals surface area contributed by atoms with Gasteiger partial charge in [0, 0.05) is 19.6 Å². The van der Waals surface area contributed by atoms with Crippen LogP contribution < -0.4 is 10.1 Å². The van der Waals surface area contributed by atoms with Crippen LogP contribution >= 0.6 is 0 Å². The number of ether oxygens (including phenoxy) is 1. The SMILES string of the molecule is CN(C)CCNCCOc1cccc(C(C)(C)C)c1. The minimum atomic E-state index is 0.170. The molecule has 0 saturated carbocycles. The molecule has 0 amide bonds. The van der Waals surface area contributed by atoms with Crippen LogP contribution in [0.25, 0.3) is 0 Å². The van der Waals surface area contributed by atoms with Crippen molar-refractivity contribution in [2.24, 2.45) is 0 Å². The van der Waals surface area contributed by atoms with Crippen molar-refractivity contribution in [1.29, 1.82) is 0 Å². The third kappa shape index (κ3) is 6.60. The Balaban J connectivity index is 2.30. The molecule has 0 heterocycles. The van der Waals surface area contributed by atoms with E-state index < -0.39 is 0 Å². The zero-order valence-corrected chi connectivity index (χ0v) is 13.0. The Hall–Kier alpha value is -1.06. The van der Waals surface area contributed by atoms with Gasteiger partial charge in [-0.2, -0.15) is 0 Å². The molecule has 1 N–H and O–H groups in total. The minimum Gasteiger partial charge on any atom is -0.492 e. The Bertz CT molecular complexity index is 369. The van der Waals surface area contributed by atoms with E-state index in [0.29, 0.717) is 6.61 Å². The van der Waals surface area contributed by atoms with E-state index in [1.807, 2.05) is 6.07 Å². The fourth-order valence-corrected chi connectivity index (χ4v) is 1.72. The average molecular weight is 264 g/mol. The second kappa shape index (κ2) is 7.51. The maximum Gasteiger partial charge on any atom is 0.119 e. The smallest absolute Gasteiger partial charge is 0.119 e. The van der Waals surface area contributed by atoms with Crippen molar-refractivity contribution in [2.45, 2.75) is 26.2 Å². The third-order valence-electron chi connectivity index (χ3n) is 2.98. The number of hydrogen-bond acceptors (Lipinski definition) is 3. The molecule has 0 atom stereocenters. The number of likely N-dealkylation sites (N-methyl/N-ethyl adjacent to an activating group) is 1. The number of nitrogens with one attached hydrogen (secondary N) is 1. The summed E-state index contributed by atoms with van der Waals surface area (Å²) < 4.78 is 5.77. The monoisotopic (exact) mass is 264 g/mol. The molecule has 19 heavy (non-hydrogen) atoms. The van der Waals surface area contributed by atoms with Crippen molar-refractivity contribution in [3.05, 3.63) is 29.8 Å². The summed E-state index contributed by atoms with van der Waals surface area (Å²) in [6.45, 7) is 10.3. The molecule has 0 saturated heterocycles. The third-order valence-corrected chi connectivity index (χ3v) is 2.98. The van der Waals surface area contributed by atoms with E-state index >= 15 is 0 Å². The quantitative estimate of drug-likeness (QED) is 0.766. The highest BCUT2D eigenvalue weighted by atomic mass is 16.5. The van der Waals surface area contributed by atoms with Crippen molar-refractivity contribution in [3.63, 3.8) is 0 Å². The van der Waals surface area contributed by atoms with Crippen LogP contribution in [0.4, 0.5) is 0 Å². The van der Waals surface area contributed by atoms with Gasteiger partial charge in [-0.15, -0.1) is 0 Å². The van der Waals surface area contributed by atoms with Crippen molar-refractivity contribution in [2.75, 3.05) is 40.3 Å². The number of rotatable bonds is 7. The maximum atomic E-state index is 5.77. The molecule has 3 heteroatoms. The van der Waals surface area contributed by atoms with E-state index in [2.05, 4.69) is 63.3 Å². The summed E-state index contributed by atoms with van der Waals surface area (Å²) in [6.07, 6.45) is 0. The van der Waals surface area contributed by atoms with Crippen LogP contribution in [0, 0.1) is 0 Å². The fourth-order valence-electron chi connectivity index (χ4n) is 1.72. The first kappa shape index (κ1) is 16.0. The minimum absolute atomic E-state index is 0.170. The first-order valence-corrected chi connectivity index (χ1v) is 6.98. The summed E-state index contributed by atoms with van der Waals surface area (Å²) in [5, 5.41) is 3.37. The lowest BCUT2D eigenvalue weighted by Crippen LogP contribution is -2.29. The lowest BCUT2D eigenvalue weighted by atomic mass is 9.87. The van der Waals surface area contributed by atoms with Crippen LogP contribution in [0.2, 0.25) is 0 Å². The molecule has 0 aliphatic rings. The zero-order valence-electron chi connectivity index (χ0n) is 13.0. The van der Waals surface area contributed by atoms with Crippen molar-refractivity contribution < 1.29 is 4.74 Å². The first-order valence-electron chi connectivity index (χ1n) is 6.98. The molecule has 0 aliphatic heterocycles. The molecule has 108 valence electrons. The molecule has 1 aromatic rings. The molecule has 0 fully saturated rings. The fraction of sp³-hybridized carbons (Fsp3) is 0.625. The first-order chi connectivity index (χ1) is 8.89. The van der Waals surface area contributed by atoms with E-state index in [9.17, 15) is 0 Å². The summed E-state index contributed by atoms with van der Waals surface area (Å²) in [7, 11) is 4.16. The Morgan fingerprint density at radius 2 is 1.89 bits per heavy atom. The molecular formula is C16H28N2O. The van der Waals surface area contributed by atoms with Crippen LogP contribution in [0.15, 0.2) is 24.3 Å². The standard InChI is InChI=1S/C16H28N2O/c1-16(2,3)14-7-6-8-15(13-14)19-12-10-17-9-11-18(4)5/h6-8,13,17H,9-12H2,1-5H3. The van der Waals surface area contributed by atoms with Gasteiger partial charge in [0.05, 0.1) is 0 Å². The molecule has 0 unspecified atom stereocenters. The molecule has 3 nitrogen and oxygen atoms in total. The van der Waals surface area contributed by atoms with E-state index in [1.165, 1.54) is 5.56 Å². The van der Waals surface area contributed by atoms with Gasteiger partial charge in [-0.05, 0) is 37.2 Å². The summed E-state index contributed by atoms with van der Waals surface area (Å²) >= 11 is 0. The molecule has 0 aromatic heterocycles. The van der Waals surface area contributed by atoms with Crippen LogP contribution in [0.5, 0.6) is 5.75 Å². The highest BCUT2D eigenvalue weighted by Gasteiger charge is 2.13. The van der Waals surface area contributed by atoms with E-state index in [4.69, 9.17) is 4.74 Å². The van der Waals surface area contributed by atoms with E-state index in [0.717, 1.165) is 25.4 Å². The van der Waals surface area contributed by atoms with Gasteiger partial charge in [-0.1, -0.05) is 32.9 Å². The Morgan fingerprint density at radius 1 is 1.16 bits per heavy atom. The van der Waals surface area contributed by atoms with Crippen molar-refractivity contribution >= 4 is 0 Å². The Morgan fingerprint density at radius 3 is 2.53 bits per heavy atom. The molecule has 0 aliphatic carbocycles. The summed E-state index contributed by atoms with van der Waals surface area (Å²) in [6, 6.07) is 8.38. The number of benzene rings is 1. The predicted molar refractivity (Wildman–Crippen MR) is 82.1 cm³/mol. The zero-order chi connectivity index (χ0) is 14.3. The van der Waals surface area contributed by atoms with Crippen molar-refractivity contribution in [3.8, 4) is 5.75 Å². The highest BCUT2D eigenvalue weighted by molar-refractivity contribution is 5.32. The molecule has 0 bridgehead atoms. The van der Waals surface area contributed by atoms with Gasteiger partial charge in [0.2, 0.25) is 0 Å². The topological polar surface area (TPSA) is 24.5 Å². The lowest BCUT2D eigenvalue weighted by molar-refractivity contribution is 0.307. The van der Waals surface area contributed by atoms with Crippen LogP contribution in [-0.2, 0) is 5.41 Å². The van der Waals surface area contributed by atoms with E-state index in [-0.39, 0.29) is 5.41 Å². The number of nitrogens with zero attached hydrogens (tertiary/aromatic N) is 1. The normalized spacial score (nSPS) is 11.9. The van der Waals surface area contributed by atoms with Gasteiger partial charge < -0.3 is 15.0 Å². The second-order valence-electron chi connectivity index (χ2n) is 6.18. The van der Waals surface area contributed by atoms with Crippen LogP contribution in [0.3, 0.4) is 0 Å². The maximum absolute atomic E-state index is 5.77. The highest BCUT2D eigenvalue weighted by Crippen LogP contribution is 2.25. The summed E-state index contributed by atoms with van der Waals surface area (Å²) in [5.41, 5.74) is 1.48. The Kier molecular flexibility index (Phi) is 6.32. The molecule has 0 radical (unpaired) electrons. The van der Waals surface area contributed by atoms with Gasteiger partial charge in [-0.25, -0.2) is 0 Å². The van der Waals surface area contributed by atoms with Crippen LogP contribution in [-0.4, -0.2) is 45.2 Å². The predicted octanol–water partition coefficient (Wildman–Crippen LogP) is 2.51. The van der Waals surface area contributed by atoms with Gasteiger partial charge in [-0.3, -0.25) is 0 Å². The number of hydrogen-bond donors (Lipinski definition) is 1. The second-order valence-corrected chi connectivity index (χ2v) is 6.18. The van der Waals surface area contributed by atoms with Crippen LogP contribution in [0.1, 0.15) is 26.3 Å². The lowest BCUT2D eigenvalue weighted by Gasteiger charge is -2.19.